The van der Waals surface area contributed by atoms with Crippen LogP contribution < -0.4 is 0 Å². The van der Waals surface area contributed by atoms with E-state index in [1.54, 1.807) is 0 Å². The Balaban J connectivity index is -0.000000180. The summed E-state index contributed by atoms with van der Waals surface area (Å²) >= 11 is 0. The first-order chi connectivity index (χ1) is 3.13. The van der Waals surface area contributed by atoms with Gasteiger partial charge in [0.2, 0.25) is 0 Å². The zero-order valence-corrected chi connectivity index (χ0v) is 5.98. The van der Waals surface area contributed by atoms with Gasteiger partial charge in [0, 0.05) is 17.1 Å². The van der Waals surface area contributed by atoms with Crippen molar-refractivity contribution in [2.24, 2.45) is 0 Å². The maximum atomic E-state index is 10.0. The minimum absolute atomic E-state index is 0. The molecule has 0 amide bonds. The molecule has 54 valence electrons. The van der Waals surface area contributed by atoms with Gasteiger partial charge in [0.1, 0.15) is 11.6 Å². The molecule has 9 heavy (non-hydrogen) atoms. The Morgan fingerprint density at radius 2 is 1.33 bits per heavy atom. The molecular weight excluding hydrogens is 175 g/mol. The van der Waals surface area contributed by atoms with Crippen LogP contribution >= 0.6 is 0 Å². The van der Waals surface area contributed by atoms with Crippen molar-refractivity contribution >= 4 is 28.9 Å². The van der Waals surface area contributed by atoms with Gasteiger partial charge in [-0.2, -0.15) is 0 Å². The van der Waals surface area contributed by atoms with Crippen molar-refractivity contribution < 1.29 is 26.7 Å². The molecule has 0 unspecified atom stereocenters. The van der Waals surface area contributed by atoms with E-state index >= 15 is 0 Å². The largest absolute Gasteiger partial charge is 0.300 e. The first-order valence-electron chi connectivity index (χ1n) is 2.12. The molecule has 0 spiro atoms. The summed E-state index contributed by atoms with van der Waals surface area (Å²) in [6, 6.07) is 0. The van der Waals surface area contributed by atoms with E-state index in [1.807, 2.05) is 0 Å². The zero-order valence-electron chi connectivity index (χ0n) is 4.88. The van der Waals surface area contributed by atoms with E-state index in [0.29, 0.717) is 0 Å². The Hall–Kier alpha value is 0.392. The second kappa shape index (κ2) is 8.39. The van der Waals surface area contributed by atoms with E-state index in [1.165, 1.54) is 13.8 Å². The van der Waals surface area contributed by atoms with Crippen LogP contribution in [0.5, 0.6) is 0 Å². The molecule has 2 nitrogen and oxygen atoms in total. The van der Waals surface area contributed by atoms with Gasteiger partial charge >= 0.3 is 0 Å². The molecule has 0 atom stereocenters. The summed E-state index contributed by atoms with van der Waals surface area (Å²) in [4.78, 5) is 20.1. The van der Waals surface area contributed by atoms with Crippen LogP contribution in [0.15, 0.2) is 0 Å². The van der Waals surface area contributed by atoms with Crippen LogP contribution in [0.3, 0.4) is 0 Å². The molecule has 0 saturated heterocycles. The van der Waals surface area contributed by atoms with Gasteiger partial charge in [-0.15, -0.1) is 0 Å². The maximum absolute atomic E-state index is 10.0. The number of Topliss-reactive ketones (excluding diaryl/α,β-unsaturated/α-hetero) is 2. The number of hydrogen-bond acceptors (Lipinski definition) is 2. The summed E-state index contributed by atoms with van der Waals surface area (Å²) < 4.78 is 0. The molecule has 0 aliphatic heterocycles. The number of ketones is 2. The van der Waals surface area contributed by atoms with Crippen molar-refractivity contribution in [2.75, 3.05) is 0 Å². The molecular formula is C5H11AlFeO2. The van der Waals surface area contributed by atoms with Crippen LogP contribution in [-0.4, -0.2) is 28.9 Å². The molecule has 0 N–H and O–H groups in total. The van der Waals surface area contributed by atoms with Crippen LogP contribution in [0.4, 0.5) is 0 Å². The monoisotopic (exact) mass is 186 g/mol. The molecule has 0 radical (unpaired) electrons. The molecule has 0 aromatic carbocycles. The summed E-state index contributed by atoms with van der Waals surface area (Å²) in [7, 11) is 0. The second-order valence-corrected chi connectivity index (χ2v) is 1.58. The Labute approximate surface area is 76.0 Å². The molecule has 0 saturated carbocycles. The maximum Gasteiger partial charge on any atom is 0.187 e. The summed E-state index contributed by atoms with van der Waals surface area (Å²) in [5.74, 6) is -0.125. The van der Waals surface area contributed by atoms with Crippen molar-refractivity contribution in [2.45, 2.75) is 20.3 Å². The molecule has 0 aliphatic carbocycles. The third-order valence-corrected chi connectivity index (χ3v) is 0.498. The first-order valence-corrected chi connectivity index (χ1v) is 2.12. The summed E-state index contributed by atoms with van der Waals surface area (Å²) in [5.41, 5.74) is 0. The molecule has 0 bridgehead atoms. The van der Waals surface area contributed by atoms with Crippen molar-refractivity contribution in [3.8, 4) is 0 Å². The van der Waals surface area contributed by atoms with E-state index in [2.05, 4.69) is 0 Å². The normalized spacial score (nSPS) is 6.44. The second-order valence-electron chi connectivity index (χ2n) is 1.58. The number of rotatable bonds is 2. The van der Waals surface area contributed by atoms with E-state index in [0.717, 1.165) is 0 Å². The molecule has 4 heteroatoms. The van der Waals surface area contributed by atoms with Gasteiger partial charge < -0.3 is 0 Å². The van der Waals surface area contributed by atoms with Gasteiger partial charge in [-0.3, -0.25) is 9.59 Å². The number of carbonyl (C=O) groups excluding carboxylic acids is 2. The Bertz CT molecular complexity index is 91.1. The number of carbonyl (C=O) groups is 2. The van der Waals surface area contributed by atoms with Crippen molar-refractivity contribution in [3.63, 3.8) is 0 Å². The first kappa shape index (κ1) is 16.2. The third kappa shape index (κ3) is 17.8. The van der Waals surface area contributed by atoms with E-state index in [-0.39, 0.29) is 52.4 Å². The van der Waals surface area contributed by atoms with Gasteiger partial charge in [-0.1, -0.05) is 0 Å². The standard InChI is InChI=1S/C5H8O2.Al.Fe.3H/c1-4(6)3-5(2)7;;;;;/h3H2,1-2H3;;;;;. The average Bonchev–Trinajstić information content (AvgIpc) is 1.27. The molecule has 0 rings (SSSR count). The fraction of sp³-hybridized carbons (Fsp3) is 0.600. The van der Waals surface area contributed by atoms with Gasteiger partial charge in [-0.25, -0.2) is 0 Å². The Kier molecular flexibility index (Phi) is 15.1. The van der Waals surface area contributed by atoms with Crippen molar-refractivity contribution in [3.05, 3.63) is 0 Å². The Morgan fingerprint density at radius 3 is 1.33 bits per heavy atom. The van der Waals surface area contributed by atoms with Crippen LogP contribution in [0.1, 0.15) is 20.3 Å². The SMILES string of the molecule is CC(=O)CC(C)=O.[AlH3].[Fe]. The van der Waals surface area contributed by atoms with Gasteiger partial charge in [0.05, 0.1) is 6.42 Å². The average molecular weight is 186 g/mol. The molecule has 0 heterocycles. The molecule has 0 fully saturated rings. The van der Waals surface area contributed by atoms with Crippen LogP contribution in [0.25, 0.3) is 0 Å². The van der Waals surface area contributed by atoms with Crippen molar-refractivity contribution in [1.29, 1.82) is 0 Å². The fourth-order valence-electron chi connectivity index (χ4n) is 0.351. The topological polar surface area (TPSA) is 34.1 Å². The van der Waals surface area contributed by atoms with Crippen molar-refractivity contribution in [1.82, 2.24) is 0 Å². The van der Waals surface area contributed by atoms with Gasteiger partial charge in [0.25, 0.3) is 0 Å². The quantitative estimate of drug-likeness (QED) is 0.425. The van der Waals surface area contributed by atoms with E-state index in [4.69, 9.17) is 0 Å². The molecule has 0 aromatic heterocycles. The van der Waals surface area contributed by atoms with Gasteiger partial charge in [0.15, 0.2) is 17.4 Å². The van der Waals surface area contributed by atoms with E-state index in [9.17, 15) is 9.59 Å². The predicted octanol–water partition coefficient (Wildman–Crippen LogP) is -0.632. The number of hydrogen-bond donors (Lipinski definition) is 0. The summed E-state index contributed by atoms with van der Waals surface area (Å²) in [6.07, 6.45) is 0.0833. The van der Waals surface area contributed by atoms with Gasteiger partial charge in [-0.05, 0) is 13.8 Å². The summed E-state index contributed by atoms with van der Waals surface area (Å²) in [5, 5.41) is 0. The fourth-order valence-corrected chi connectivity index (χ4v) is 0.351. The van der Waals surface area contributed by atoms with Crippen LogP contribution in [0.2, 0.25) is 0 Å². The zero-order chi connectivity index (χ0) is 5.86. The third-order valence-electron chi connectivity index (χ3n) is 0.498. The van der Waals surface area contributed by atoms with E-state index < -0.39 is 0 Å². The smallest absolute Gasteiger partial charge is 0.187 e. The minimum Gasteiger partial charge on any atom is -0.300 e. The molecule has 0 aromatic rings. The summed E-state index contributed by atoms with van der Waals surface area (Å²) in [6.45, 7) is 2.81. The molecule has 0 aliphatic rings. The van der Waals surface area contributed by atoms with Crippen LogP contribution in [0, 0.1) is 0 Å². The van der Waals surface area contributed by atoms with Crippen LogP contribution in [-0.2, 0) is 26.7 Å². The minimum atomic E-state index is -0.0625. The Morgan fingerprint density at radius 1 is 1.11 bits per heavy atom. The predicted molar refractivity (Wildman–Crippen MR) is 35.9 cm³/mol.